The molecule has 0 heterocycles. The number of halogens is 1. The normalized spacial score (nSPS) is 17.1. The number of hydrogen-bond acceptors (Lipinski definition) is 2. The molecule has 1 aromatic rings. The van der Waals surface area contributed by atoms with Crippen LogP contribution in [0.5, 0.6) is 0 Å². The Labute approximate surface area is 103 Å². The average Bonchev–Trinajstić information content (AvgIpc) is 2.34. The molecule has 0 saturated heterocycles. The van der Waals surface area contributed by atoms with Gasteiger partial charge < -0.3 is 10.6 Å². The summed E-state index contributed by atoms with van der Waals surface area (Å²) >= 11 is 0. The molecule has 1 aromatic carbocycles. The van der Waals surface area contributed by atoms with Crippen molar-refractivity contribution in [2.45, 2.75) is 32.1 Å². The summed E-state index contributed by atoms with van der Waals surface area (Å²) in [4.78, 5) is 2.14. The van der Waals surface area contributed by atoms with Gasteiger partial charge in [0.1, 0.15) is 5.82 Å². The van der Waals surface area contributed by atoms with Crippen molar-refractivity contribution in [3.05, 3.63) is 24.0 Å². The number of nitrogens with zero attached hydrogens (tertiary/aromatic N) is 1. The van der Waals surface area contributed by atoms with Gasteiger partial charge in [-0.05, 0) is 37.0 Å². The van der Waals surface area contributed by atoms with Gasteiger partial charge in [-0.25, -0.2) is 4.39 Å². The number of hydrogen-bond donors (Lipinski definition) is 1. The van der Waals surface area contributed by atoms with Crippen LogP contribution in [0.2, 0.25) is 0 Å². The molecule has 0 amide bonds. The Morgan fingerprint density at radius 2 is 2.00 bits per heavy atom. The summed E-state index contributed by atoms with van der Waals surface area (Å²) in [5, 5.41) is 0. The Bertz CT molecular complexity index is 372. The van der Waals surface area contributed by atoms with Gasteiger partial charge in [-0.2, -0.15) is 0 Å². The molecule has 1 fully saturated rings. The predicted molar refractivity (Wildman–Crippen MR) is 70.7 cm³/mol. The van der Waals surface area contributed by atoms with Crippen LogP contribution in [-0.2, 0) is 0 Å². The Morgan fingerprint density at radius 1 is 1.29 bits per heavy atom. The van der Waals surface area contributed by atoms with E-state index in [-0.39, 0.29) is 11.5 Å². The Hall–Kier alpha value is -1.25. The number of rotatable bonds is 3. The molecule has 3 heteroatoms. The molecule has 0 radical (unpaired) electrons. The predicted octanol–water partition coefficient (Wildman–Crippen LogP) is 3.42. The smallest absolute Gasteiger partial charge is 0.148 e. The molecule has 1 saturated carbocycles. The van der Waals surface area contributed by atoms with Gasteiger partial charge in [0, 0.05) is 19.3 Å². The molecular formula is C14H21FN2. The molecule has 0 aromatic heterocycles. The van der Waals surface area contributed by atoms with Crippen molar-refractivity contribution < 1.29 is 4.39 Å². The molecule has 0 spiro atoms. The van der Waals surface area contributed by atoms with E-state index in [9.17, 15) is 4.39 Å². The van der Waals surface area contributed by atoms with E-state index in [1.54, 1.807) is 6.07 Å². The molecule has 0 aliphatic heterocycles. The van der Waals surface area contributed by atoms with Crippen molar-refractivity contribution in [1.29, 1.82) is 0 Å². The maximum absolute atomic E-state index is 13.4. The van der Waals surface area contributed by atoms with Gasteiger partial charge in [0.25, 0.3) is 0 Å². The van der Waals surface area contributed by atoms with Crippen LogP contribution in [0.1, 0.15) is 32.1 Å². The lowest BCUT2D eigenvalue weighted by atomic mass is 9.89. The fourth-order valence-corrected chi connectivity index (χ4v) is 2.62. The highest BCUT2D eigenvalue weighted by atomic mass is 19.1. The van der Waals surface area contributed by atoms with Crippen molar-refractivity contribution in [2.75, 3.05) is 24.2 Å². The molecule has 17 heavy (non-hydrogen) atoms. The van der Waals surface area contributed by atoms with Gasteiger partial charge in [0.15, 0.2) is 0 Å². The fraction of sp³-hybridized carbons (Fsp3) is 0.571. The van der Waals surface area contributed by atoms with Crippen molar-refractivity contribution in [3.8, 4) is 0 Å². The molecule has 0 bridgehead atoms. The monoisotopic (exact) mass is 236 g/mol. The summed E-state index contributed by atoms with van der Waals surface area (Å²) in [6, 6.07) is 5.06. The van der Waals surface area contributed by atoms with Gasteiger partial charge in [0.2, 0.25) is 0 Å². The number of benzene rings is 1. The van der Waals surface area contributed by atoms with Gasteiger partial charge in [-0.1, -0.05) is 19.3 Å². The zero-order chi connectivity index (χ0) is 12.3. The fourth-order valence-electron chi connectivity index (χ4n) is 2.62. The van der Waals surface area contributed by atoms with Gasteiger partial charge in [-0.15, -0.1) is 0 Å². The maximum atomic E-state index is 13.4. The third kappa shape index (κ3) is 3.11. The largest absolute Gasteiger partial charge is 0.396 e. The lowest BCUT2D eigenvalue weighted by Gasteiger charge is -2.28. The minimum atomic E-state index is -0.321. The molecule has 1 aliphatic carbocycles. The summed E-state index contributed by atoms with van der Waals surface area (Å²) in [6.45, 7) is 1.02. The lowest BCUT2D eigenvalue weighted by Crippen LogP contribution is -2.26. The van der Waals surface area contributed by atoms with Crippen LogP contribution in [0.25, 0.3) is 0 Å². The Balaban J connectivity index is 1.98. The third-order valence-corrected chi connectivity index (χ3v) is 3.68. The van der Waals surface area contributed by atoms with E-state index in [1.807, 2.05) is 13.1 Å². The van der Waals surface area contributed by atoms with Crippen molar-refractivity contribution in [1.82, 2.24) is 0 Å². The standard InChI is InChI=1S/C14H21FN2/c1-17(10-11-5-3-2-4-6-11)12-7-8-14(16)13(15)9-12/h7-9,11H,2-6,10,16H2,1H3. The van der Waals surface area contributed by atoms with Crippen LogP contribution in [0.15, 0.2) is 18.2 Å². The van der Waals surface area contributed by atoms with E-state index in [0.717, 1.165) is 18.2 Å². The summed E-state index contributed by atoms with van der Waals surface area (Å²) in [7, 11) is 2.03. The first-order valence-corrected chi connectivity index (χ1v) is 6.43. The molecule has 1 aliphatic rings. The highest BCUT2D eigenvalue weighted by Gasteiger charge is 2.16. The third-order valence-electron chi connectivity index (χ3n) is 3.68. The Kier molecular flexibility index (Phi) is 3.87. The van der Waals surface area contributed by atoms with E-state index in [2.05, 4.69) is 4.90 Å². The van der Waals surface area contributed by atoms with Crippen molar-refractivity contribution in [3.63, 3.8) is 0 Å². The quantitative estimate of drug-likeness (QED) is 0.815. The van der Waals surface area contributed by atoms with Crippen molar-refractivity contribution in [2.24, 2.45) is 5.92 Å². The van der Waals surface area contributed by atoms with E-state index in [0.29, 0.717) is 0 Å². The molecule has 2 nitrogen and oxygen atoms in total. The molecule has 0 unspecified atom stereocenters. The zero-order valence-corrected chi connectivity index (χ0v) is 10.5. The minimum absolute atomic E-state index is 0.222. The van der Waals surface area contributed by atoms with Crippen LogP contribution in [0.3, 0.4) is 0 Å². The van der Waals surface area contributed by atoms with Crippen LogP contribution in [-0.4, -0.2) is 13.6 Å². The zero-order valence-electron chi connectivity index (χ0n) is 10.5. The van der Waals surface area contributed by atoms with Crippen LogP contribution < -0.4 is 10.6 Å². The van der Waals surface area contributed by atoms with Gasteiger partial charge in [0.05, 0.1) is 5.69 Å². The second-order valence-corrected chi connectivity index (χ2v) is 5.09. The molecular weight excluding hydrogens is 215 g/mol. The summed E-state index contributed by atoms with van der Waals surface area (Å²) < 4.78 is 13.4. The minimum Gasteiger partial charge on any atom is -0.396 e. The average molecular weight is 236 g/mol. The van der Waals surface area contributed by atoms with Gasteiger partial charge in [-0.3, -0.25) is 0 Å². The number of nitrogens with two attached hydrogens (primary N) is 1. The molecule has 94 valence electrons. The number of anilines is 2. The highest BCUT2D eigenvalue weighted by molar-refractivity contribution is 5.53. The highest BCUT2D eigenvalue weighted by Crippen LogP contribution is 2.26. The Morgan fingerprint density at radius 3 is 2.65 bits per heavy atom. The van der Waals surface area contributed by atoms with E-state index < -0.39 is 0 Å². The number of nitrogen functional groups attached to an aromatic ring is 1. The SMILES string of the molecule is CN(CC1CCCCC1)c1ccc(N)c(F)c1. The lowest BCUT2D eigenvalue weighted by molar-refractivity contribution is 0.362. The first-order valence-electron chi connectivity index (χ1n) is 6.43. The van der Waals surface area contributed by atoms with Crippen LogP contribution >= 0.6 is 0 Å². The maximum Gasteiger partial charge on any atom is 0.148 e. The first kappa shape index (κ1) is 12.2. The summed E-state index contributed by atoms with van der Waals surface area (Å²) in [5.41, 5.74) is 6.62. The van der Waals surface area contributed by atoms with Crippen LogP contribution in [0.4, 0.5) is 15.8 Å². The van der Waals surface area contributed by atoms with E-state index in [4.69, 9.17) is 5.73 Å². The second-order valence-electron chi connectivity index (χ2n) is 5.09. The summed E-state index contributed by atoms with van der Waals surface area (Å²) in [5.74, 6) is 0.437. The molecule has 2 N–H and O–H groups in total. The summed E-state index contributed by atoms with van der Waals surface area (Å²) in [6.07, 6.45) is 6.67. The van der Waals surface area contributed by atoms with Crippen molar-refractivity contribution >= 4 is 11.4 Å². The van der Waals surface area contributed by atoms with Crippen LogP contribution in [0, 0.1) is 11.7 Å². The second kappa shape index (κ2) is 5.39. The van der Waals surface area contributed by atoms with E-state index >= 15 is 0 Å². The molecule has 2 rings (SSSR count). The first-order chi connectivity index (χ1) is 8.16. The topological polar surface area (TPSA) is 29.3 Å². The molecule has 0 atom stereocenters. The van der Waals surface area contributed by atoms with Gasteiger partial charge >= 0.3 is 0 Å². The van der Waals surface area contributed by atoms with E-state index in [1.165, 1.54) is 38.2 Å².